The van der Waals surface area contributed by atoms with Gasteiger partial charge in [-0.15, -0.1) is 11.3 Å². The Labute approximate surface area is 127 Å². The minimum atomic E-state index is -0.325. The second kappa shape index (κ2) is 5.93. The summed E-state index contributed by atoms with van der Waals surface area (Å²) in [6.07, 6.45) is 6.24. The lowest BCUT2D eigenvalue weighted by molar-refractivity contribution is -0.138. The molecular formula is C14H19N5OS. The molecule has 0 radical (unpaired) electrons. The number of hydrogen-bond donors (Lipinski definition) is 0. The lowest BCUT2D eigenvalue weighted by atomic mass is 10.0. The number of aromatic nitrogens is 4. The number of carbonyl (C=O) groups excluding carboxylic acids is 1. The van der Waals surface area contributed by atoms with Crippen molar-refractivity contribution in [2.75, 3.05) is 6.54 Å². The number of amides is 1. The third-order valence-electron chi connectivity index (χ3n) is 3.90. The first-order chi connectivity index (χ1) is 10.2. The Hall–Kier alpha value is -1.76. The number of nitrogens with zero attached hydrogens (tertiary/aromatic N) is 5. The number of aryl methyl sites for hydroxylation is 1. The van der Waals surface area contributed by atoms with E-state index in [-0.39, 0.29) is 18.0 Å². The van der Waals surface area contributed by atoms with E-state index in [1.54, 1.807) is 22.3 Å². The van der Waals surface area contributed by atoms with Crippen molar-refractivity contribution in [3.8, 4) is 0 Å². The molecule has 0 saturated carbocycles. The van der Waals surface area contributed by atoms with Crippen molar-refractivity contribution in [1.29, 1.82) is 0 Å². The van der Waals surface area contributed by atoms with Gasteiger partial charge in [-0.1, -0.05) is 0 Å². The molecule has 3 heterocycles. The summed E-state index contributed by atoms with van der Waals surface area (Å²) in [5, 5.41) is 7.18. The standard InChI is InChI=1S/C14H19N5OS/c1-10-7-21-13(17-10)12-5-3-4-6-18(12)14(20)11(2)19-9-15-8-16-19/h7-9,11-12H,3-6H2,1-2H3. The van der Waals surface area contributed by atoms with Crippen LogP contribution < -0.4 is 0 Å². The second-order valence-electron chi connectivity index (χ2n) is 5.42. The first-order valence-corrected chi connectivity index (χ1v) is 8.11. The fourth-order valence-electron chi connectivity index (χ4n) is 2.75. The third kappa shape index (κ3) is 2.83. The fraction of sp³-hybridized carbons (Fsp3) is 0.571. The number of hydrogen-bond acceptors (Lipinski definition) is 5. The van der Waals surface area contributed by atoms with Crippen molar-refractivity contribution >= 4 is 17.2 Å². The number of piperidine rings is 1. The van der Waals surface area contributed by atoms with E-state index in [0.717, 1.165) is 36.5 Å². The molecule has 3 rings (SSSR count). The largest absolute Gasteiger partial charge is 0.331 e. The van der Waals surface area contributed by atoms with Crippen molar-refractivity contribution in [3.05, 3.63) is 28.7 Å². The van der Waals surface area contributed by atoms with E-state index < -0.39 is 0 Å². The molecule has 2 aromatic rings. The Kier molecular flexibility index (Phi) is 4.01. The first kappa shape index (κ1) is 14.2. The predicted molar refractivity (Wildman–Crippen MR) is 79.9 cm³/mol. The van der Waals surface area contributed by atoms with Crippen molar-refractivity contribution in [3.63, 3.8) is 0 Å². The molecule has 2 aromatic heterocycles. The van der Waals surface area contributed by atoms with Gasteiger partial charge in [0.1, 0.15) is 23.7 Å². The van der Waals surface area contributed by atoms with Crippen molar-refractivity contribution < 1.29 is 4.79 Å². The van der Waals surface area contributed by atoms with Gasteiger partial charge in [0.05, 0.1) is 6.04 Å². The van der Waals surface area contributed by atoms with E-state index in [2.05, 4.69) is 15.1 Å². The average molecular weight is 305 g/mol. The molecule has 2 atom stereocenters. The zero-order valence-electron chi connectivity index (χ0n) is 12.3. The highest BCUT2D eigenvalue weighted by Crippen LogP contribution is 2.34. The molecule has 0 spiro atoms. The van der Waals surface area contributed by atoms with Gasteiger partial charge in [0.25, 0.3) is 0 Å². The van der Waals surface area contributed by atoms with Crippen LogP contribution in [0.4, 0.5) is 0 Å². The Bertz CT molecular complexity index is 609. The van der Waals surface area contributed by atoms with Gasteiger partial charge in [0.15, 0.2) is 0 Å². The van der Waals surface area contributed by atoms with Crippen LogP contribution >= 0.6 is 11.3 Å². The van der Waals surface area contributed by atoms with Gasteiger partial charge >= 0.3 is 0 Å². The maximum Gasteiger partial charge on any atom is 0.247 e. The van der Waals surface area contributed by atoms with Crippen LogP contribution in [0.3, 0.4) is 0 Å². The first-order valence-electron chi connectivity index (χ1n) is 7.23. The van der Waals surface area contributed by atoms with E-state index in [4.69, 9.17) is 0 Å². The van der Waals surface area contributed by atoms with Crippen LogP contribution in [0.25, 0.3) is 0 Å². The number of thiazole rings is 1. The summed E-state index contributed by atoms with van der Waals surface area (Å²) in [7, 11) is 0. The Morgan fingerprint density at radius 2 is 2.33 bits per heavy atom. The minimum absolute atomic E-state index is 0.0954. The van der Waals surface area contributed by atoms with Gasteiger partial charge in [-0.05, 0) is 33.1 Å². The molecule has 1 saturated heterocycles. The van der Waals surface area contributed by atoms with Gasteiger partial charge in [-0.3, -0.25) is 4.79 Å². The van der Waals surface area contributed by atoms with Crippen LogP contribution in [0.2, 0.25) is 0 Å². The molecular weight excluding hydrogens is 286 g/mol. The highest BCUT2D eigenvalue weighted by Gasteiger charge is 2.33. The van der Waals surface area contributed by atoms with Gasteiger partial charge in [-0.25, -0.2) is 14.6 Å². The van der Waals surface area contributed by atoms with Gasteiger partial charge in [0.2, 0.25) is 5.91 Å². The maximum atomic E-state index is 12.8. The van der Waals surface area contributed by atoms with Crippen LogP contribution in [-0.2, 0) is 4.79 Å². The van der Waals surface area contributed by atoms with E-state index in [1.165, 1.54) is 6.33 Å². The molecule has 1 fully saturated rings. The van der Waals surface area contributed by atoms with E-state index in [1.807, 2.05) is 24.1 Å². The molecule has 0 aliphatic carbocycles. The second-order valence-corrected chi connectivity index (χ2v) is 6.31. The Balaban J connectivity index is 1.82. The number of rotatable bonds is 3. The van der Waals surface area contributed by atoms with Crippen molar-refractivity contribution in [1.82, 2.24) is 24.6 Å². The maximum absolute atomic E-state index is 12.8. The zero-order chi connectivity index (χ0) is 14.8. The normalized spacial score (nSPS) is 20.5. The highest BCUT2D eigenvalue weighted by atomic mass is 32.1. The summed E-state index contributed by atoms with van der Waals surface area (Å²) in [5.74, 6) is 0.0954. The van der Waals surface area contributed by atoms with Crippen LogP contribution in [0.15, 0.2) is 18.0 Å². The molecule has 1 aliphatic rings. The van der Waals surface area contributed by atoms with E-state index in [0.29, 0.717) is 0 Å². The summed E-state index contributed by atoms with van der Waals surface area (Å²) in [6.45, 7) is 4.66. The summed E-state index contributed by atoms with van der Waals surface area (Å²) in [4.78, 5) is 23.3. The quantitative estimate of drug-likeness (QED) is 0.873. The van der Waals surface area contributed by atoms with Crippen LogP contribution in [0.1, 0.15) is 49.0 Å². The molecule has 1 aliphatic heterocycles. The van der Waals surface area contributed by atoms with Crippen LogP contribution in [0.5, 0.6) is 0 Å². The smallest absolute Gasteiger partial charge is 0.247 e. The molecule has 7 heteroatoms. The zero-order valence-corrected chi connectivity index (χ0v) is 13.1. The number of carbonyl (C=O) groups is 1. The molecule has 0 bridgehead atoms. The van der Waals surface area contributed by atoms with Crippen molar-refractivity contribution in [2.45, 2.75) is 45.2 Å². The molecule has 112 valence electrons. The Morgan fingerprint density at radius 1 is 1.48 bits per heavy atom. The lowest BCUT2D eigenvalue weighted by Crippen LogP contribution is -2.42. The highest BCUT2D eigenvalue weighted by molar-refractivity contribution is 7.09. The van der Waals surface area contributed by atoms with Gasteiger partial charge < -0.3 is 4.90 Å². The van der Waals surface area contributed by atoms with E-state index >= 15 is 0 Å². The molecule has 1 amide bonds. The Morgan fingerprint density at radius 3 is 3.00 bits per heavy atom. The fourth-order valence-corrected chi connectivity index (χ4v) is 3.69. The summed E-state index contributed by atoms with van der Waals surface area (Å²) in [5.41, 5.74) is 1.03. The lowest BCUT2D eigenvalue weighted by Gasteiger charge is -2.36. The summed E-state index contributed by atoms with van der Waals surface area (Å²) in [6, 6.07) is -0.218. The summed E-state index contributed by atoms with van der Waals surface area (Å²) >= 11 is 1.65. The van der Waals surface area contributed by atoms with E-state index in [9.17, 15) is 4.79 Å². The monoisotopic (exact) mass is 305 g/mol. The van der Waals surface area contributed by atoms with Crippen LogP contribution in [-0.4, -0.2) is 37.1 Å². The van der Waals surface area contributed by atoms with Gasteiger partial charge in [0, 0.05) is 17.6 Å². The van der Waals surface area contributed by atoms with Crippen molar-refractivity contribution in [2.24, 2.45) is 0 Å². The molecule has 21 heavy (non-hydrogen) atoms. The topological polar surface area (TPSA) is 63.9 Å². The van der Waals surface area contributed by atoms with Gasteiger partial charge in [-0.2, -0.15) is 5.10 Å². The SMILES string of the molecule is Cc1csc(C2CCCCN2C(=O)C(C)n2cncn2)n1. The molecule has 2 unspecified atom stereocenters. The summed E-state index contributed by atoms with van der Waals surface area (Å²) < 4.78 is 1.61. The van der Waals surface area contributed by atoms with Crippen LogP contribution in [0, 0.1) is 6.92 Å². The average Bonchev–Trinajstić information content (AvgIpc) is 3.17. The molecule has 0 aromatic carbocycles. The minimum Gasteiger partial charge on any atom is -0.331 e. The molecule has 6 nitrogen and oxygen atoms in total. The third-order valence-corrected chi connectivity index (χ3v) is 4.96. The predicted octanol–water partition coefficient (Wildman–Crippen LogP) is 2.36. The number of likely N-dealkylation sites (tertiary alicyclic amines) is 1. The molecule has 0 N–H and O–H groups in total.